The number of halogens is 2. The standard InChI is InChI=1S/C19H21F2N3O3/c1-22-19(23-12-13-4-2-5-15(10-13)27-18(20)21)24-14-6-7-16-17(11-14)26-9-3-8-25-16/h2,4-7,10-11,18H,3,8-9,12H2,1H3,(H2,22,23,24). The zero-order chi connectivity index (χ0) is 19.1. The summed E-state index contributed by atoms with van der Waals surface area (Å²) in [6.45, 7) is -1.20. The number of benzene rings is 2. The van der Waals surface area contributed by atoms with Crippen LogP contribution < -0.4 is 24.8 Å². The van der Waals surface area contributed by atoms with E-state index in [0.29, 0.717) is 31.5 Å². The highest BCUT2D eigenvalue weighted by Gasteiger charge is 2.11. The lowest BCUT2D eigenvalue weighted by molar-refractivity contribution is -0.0498. The third-order valence-corrected chi connectivity index (χ3v) is 3.82. The van der Waals surface area contributed by atoms with Gasteiger partial charge in [0.15, 0.2) is 17.5 Å². The molecule has 0 amide bonds. The van der Waals surface area contributed by atoms with E-state index in [2.05, 4.69) is 20.4 Å². The number of anilines is 1. The van der Waals surface area contributed by atoms with E-state index in [4.69, 9.17) is 9.47 Å². The maximum Gasteiger partial charge on any atom is 0.387 e. The van der Waals surface area contributed by atoms with Crippen LogP contribution in [0.25, 0.3) is 0 Å². The highest BCUT2D eigenvalue weighted by Crippen LogP contribution is 2.32. The van der Waals surface area contributed by atoms with Gasteiger partial charge in [0.1, 0.15) is 5.75 Å². The van der Waals surface area contributed by atoms with Crippen molar-refractivity contribution in [3.8, 4) is 17.2 Å². The van der Waals surface area contributed by atoms with Crippen molar-refractivity contribution >= 4 is 11.6 Å². The van der Waals surface area contributed by atoms with Gasteiger partial charge in [0.25, 0.3) is 0 Å². The van der Waals surface area contributed by atoms with E-state index >= 15 is 0 Å². The largest absolute Gasteiger partial charge is 0.490 e. The highest BCUT2D eigenvalue weighted by molar-refractivity contribution is 5.93. The fourth-order valence-corrected chi connectivity index (χ4v) is 2.57. The second-order valence-electron chi connectivity index (χ2n) is 5.79. The number of aliphatic imine (C=N–C) groups is 1. The van der Waals surface area contributed by atoms with Crippen LogP contribution in [0.4, 0.5) is 14.5 Å². The van der Waals surface area contributed by atoms with Crippen LogP contribution in [0.5, 0.6) is 17.2 Å². The topological polar surface area (TPSA) is 64.1 Å². The molecule has 144 valence electrons. The monoisotopic (exact) mass is 377 g/mol. The first kappa shape index (κ1) is 18.8. The smallest absolute Gasteiger partial charge is 0.387 e. The molecule has 0 saturated carbocycles. The first-order chi connectivity index (χ1) is 13.1. The van der Waals surface area contributed by atoms with Crippen LogP contribution in [0.2, 0.25) is 0 Å². The summed E-state index contributed by atoms with van der Waals surface area (Å²) < 4.78 is 40.4. The number of nitrogens with one attached hydrogen (secondary N) is 2. The lowest BCUT2D eigenvalue weighted by atomic mass is 10.2. The van der Waals surface area contributed by atoms with E-state index in [0.717, 1.165) is 23.4 Å². The van der Waals surface area contributed by atoms with Gasteiger partial charge in [0.2, 0.25) is 0 Å². The molecule has 1 heterocycles. The van der Waals surface area contributed by atoms with Crippen molar-refractivity contribution in [1.82, 2.24) is 5.32 Å². The SMILES string of the molecule is CN=C(NCc1cccc(OC(F)F)c1)Nc1ccc2c(c1)OCCCO2. The van der Waals surface area contributed by atoms with Crippen LogP contribution in [0.3, 0.4) is 0 Å². The summed E-state index contributed by atoms with van der Waals surface area (Å²) in [6.07, 6.45) is 0.842. The van der Waals surface area contributed by atoms with Crippen molar-refractivity contribution in [3.05, 3.63) is 48.0 Å². The van der Waals surface area contributed by atoms with Gasteiger partial charge in [0.05, 0.1) is 13.2 Å². The molecule has 0 atom stereocenters. The molecule has 1 aliphatic rings. The average molecular weight is 377 g/mol. The molecule has 0 spiro atoms. The Morgan fingerprint density at radius 2 is 1.96 bits per heavy atom. The van der Waals surface area contributed by atoms with Crippen LogP contribution >= 0.6 is 0 Å². The summed E-state index contributed by atoms with van der Waals surface area (Å²) in [6, 6.07) is 12.1. The summed E-state index contributed by atoms with van der Waals surface area (Å²) in [5.74, 6) is 2.06. The van der Waals surface area contributed by atoms with Gasteiger partial charge in [-0.25, -0.2) is 0 Å². The zero-order valence-corrected chi connectivity index (χ0v) is 14.9. The minimum atomic E-state index is -2.85. The van der Waals surface area contributed by atoms with E-state index in [1.165, 1.54) is 6.07 Å². The fraction of sp³-hybridized carbons (Fsp3) is 0.316. The van der Waals surface area contributed by atoms with E-state index in [9.17, 15) is 8.78 Å². The third kappa shape index (κ3) is 5.47. The maximum absolute atomic E-state index is 12.3. The summed E-state index contributed by atoms with van der Waals surface area (Å²) >= 11 is 0. The molecule has 3 rings (SSSR count). The average Bonchev–Trinajstić information content (AvgIpc) is 2.90. The molecule has 0 aromatic heterocycles. The molecule has 2 aromatic rings. The van der Waals surface area contributed by atoms with Crippen molar-refractivity contribution in [2.75, 3.05) is 25.6 Å². The van der Waals surface area contributed by atoms with Gasteiger partial charge >= 0.3 is 6.61 Å². The second kappa shape index (κ2) is 9.07. The number of alkyl halides is 2. The molecule has 0 bridgehead atoms. The lowest BCUT2D eigenvalue weighted by Crippen LogP contribution is -2.30. The molecular formula is C19H21F2N3O3. The molecule has 1 aliphatic heterocycles. The number of ether oxygens (including phenoxy) is 3. The van der Waals surface area contributed by atoms with Crippen LogP contribution in [-0.2, 0) is 6.54 Å². The van der Waals surface area contributed by atoms with E-state index < -0.39 is 6.61 Å². The highest BCUT2D eigenvalue weighted by atomic mass is 19.3. The number of guanidine groups is 1. The molecule has 0 aliphatic carbocycles. The first-order valence-electron chi connectivity index (χ1n) is 8.55. The first-order valence-corrected chi connectivity index (χ1v) is 8.55. The molecule has 6 nitrogen and oxygen atoms in total. The third-order valence-electron chi connectivity index (χ3n) is 3.82. The van der Waals surface area contributed by atoms with Crippen molar-refractivity contribution in [2.45, 2.75) is 19.6 Å². The Labute approximate surface area is 156 Å². The lowest BCUT2D eigenvalue weighted by Gasteiger charge is -2.14. The molecule has 0 saturated heterocycles. The van der Waals surface area contributed by atoms with E-state index in [1.807, 2.05) is 24.3 Å². The van der Waals surface area contributed by atoms with Gasteiger partial charge in [-0.05, 0) is 29.8 Å². The van der Waals surface area contributed by atoms with Crippen molar-refractivity contribution in [3.63, 3.8) is 0 Å². The molecule has 0 unspecified atom stereocenters. The Morgan fingerprint density at radius 3 is 2.74 bits per heavy atom. The maximum atomic E-state index is 12.3. The van der Waals surface area contributed by atoms with Gasteiger partial charge in [-0.2, -0.15) is 8.78 Å². The zero-order valence-electron chi connectivity index (χ0n) is 14.9. The second-order valence-corrected chi connectivity index (χ2v) is 5.79. The van der Waals surface area contributed by atoms with E-state index in [1.54, 1.807) is 19.2 Å². The Kier molecular flexibility index (Phi) is 6.30. The molecule has 0 radical (unpaired) electrons. The van der Waals surface area contributed by atoms with Gasteiger partial charge in [-0.3, -0.25) is 4.99 Å². The van der Waals surface area contributed by atoms with E-state index in [-0.39, 0.29) is 5.75 Å². The minimum Gasteiger partial charge on any atom is -0.490 e. The summed E-state index contributed by atoms with van der Waals surface area (Å²) in [5.41, 5.74) is 1.58. The predicted octanol–water partition coefficient (Wildman–Crippen LogP) is 3.64. The van der Waals surface area contributed by atoms with Crippen LogP contribution in [0.15, 0.2) is 47.5 Å². The number of fused-ring (bicyclic) bond motifs is 1. The van der Waals surface area contributed by atoms with Gasteiger partial charge in [-0.15, -0.1) is 0 Å². The number of nitrogens with zero attached hydrogens (tertiary/aromatic N) is 1. The fourth-order valence-electron chi connectivity index (χ4n) is 2.57. The Morgan fingerprint density at radius 1 is 1.15 bits per heavy atom. The summed E-state index contributed by atoms with van der Waals surface area (Å²) in [5, 5.41) is 6.30. The molecule has 0 fully saturated rings. The van der Waals surface area contributed by atoms with Crippen LogP contribution in [-0.4, -0.2) is 32.8 Å². The molecule has 8 heteroatoms. The Bertz CT molecular complexity index is 800. The normalized spacial score (nSPS) is 13.9. The number of hydrogen-bond donors (Lipinski definition) is 2. The van der Waals surface area contributed by atoms with Gasteiger partial charge < -0.3 is 24.8 Å². The predicted molar refractivity (Wildman–Crippen MR) is 98.9 cm³/mol. The van der Waals surface area contributed by atoms with Crippen LogP contribution in [0, 0.1) is 0 Å². The molecule has 2 aromatic carbocycles. The summed E-state index contributed by atoms with van der Waals surface area (Å²) in [4.78, 5) is 4.17. The van der Waals surface area contributed by atoms with Gasteiger partial charge in [0, 0.05) is 31.8 Å². The van der Waals surface area contributed by atoms with Crippen LogP contribution in [0.1, 0.15) is 12.0 Å². The van der Waals surface area contributed by atoms with Gasteiger partial charge in [-0.1, -0.05) is 12.1 Å². The van der Waals surface area contributed by atoms with Crippen molar-refractivity contribution in [1.29, 1.82) is 0 Å². The van der Waals surface area contributed by atoms with Crippen molar-refractivity contribution < 1.29 is 23.0 Å². The molecule has 2 N–H and O–H groups in total. The Balaban J connectivity index is 1.61. The summed E-state index contributed by atoms with van der Waals surface area (Å²) in [7, 11) is 1.65. The Hall–Kier alpha value is -3.03. The molecule has 27 heavy (non-hydrogen) atoms. The minimum absolute atomic E-state index is 0.121. The van der Waals surface area contributed by atoms with Crippen molar-refractivity contribution in [2.24, 2.45) is 4.99 Å². The number of rotatable bonds is 5. The number of hydrogen-bond acceptors (Lipinski definition) is 4. The quantitative estimate of drug-likeness (QED) is 0.615. The molecular weight excluding hydrogens is 356 g/mol.